The second-order valence-electron chi connectivity index (χ2n) is 7.07. The SMILES string of the molecule is Cc1cc(C)c(-n2c(O)c(C=Nc3ccc([N+](=O)[O-])c(C)c3)c(=O)[nH]c2=O)c(C)c1. The molecular formula is C21H20N4O5. The molecule has 0 bridgehead atoms. The van der Waals surface area contributed by atoms with Gasteiger partial charge >= 0.3 is 5.69 Å². The molecule has 0 fully saturated rings. The normalized spacial score (nSPS) is 11.2. The maximum atomic E-state index is 12.5. The second-order valence-corrected chi connectivity index (χ2v) is 7.07. The topological polar surface area (TPSA) is 131 Å². The molecule has 0 atom stereocenters. The Morgan fingerprint density at radius 1 is 1.07 bits per heavy atom. The van der Waals surface area contributed by atoms with E-state index in [1.165, 1.54) is 18.2 Å². The van der Waals surface area contributed by atoms with E-state index >= 15 is 0 Å². The van der Waals surface area contributed by atoms with Crippen LogP contribution in [-0.4, -0.2) is 25.8 Å². The Morgan fingerprint density at radius 3 is 2.27 bits per heavy atom. The highest BCUT2D eigenvalue weighted by Gasteiger charge is 2.18. The number of nitrogens with zero attached hydrogens (tertiary/aromatic N) is 3. The van der Waals surface area contributed by atoms with Crippen LogP contribution in [0.2, 0.25) is 0 Å². The van der Waals surface area contributed by atoms with Crippen LogP contribution in [0.25, 0.3) is 5.69 Å². The summed E-state index contributed by atoms with van der Waals surface area (Å²) in [4.78, 5) is 41.5. The van der Waals surface area contributed by atoms with Gasteiger partial charge in [-0.3, -0.25) is 24.9 Å². The molecule has 9 heteroatoms. The summed E-state index contributed by atoms with van der Waals surface area (Å²) < 4.78 is 1.04. The van der Waals surface area contributed by atoms with Crippen LogP contribution in [0.3, 0.4) is 0 Å². The number of aromatic nitrogens is 2. The molecule has 0 saturated carbocycles. The number of nitro groups is 1. The van der Waals surface area contributed by atoms with Crippen molar-refractivity contribution in [1.82, 2.24) is 9.55 Å². The van der Waals surface area contributed by atoms with Gasteiger partial charge in [-0.2, -0.15) is 0 Å². The van der Waals surface area contributed by atoms with Crippen LogP contribution in [0.4, 0.5) is 11.4 Å². The van der Waals surface area contributed by atoms with Gasteiger partial charge in [0.2, 0.25) is 5.88 Å². The fraction of sp³-hybridized carbons (Fsp3) is 0.190. The first-order chi connectivity index (χ1) is 14.1. The molecule has 0 spiro atoms. The van der Waals surface area contributed by atoms with Gasteiger partial charge in [0.05, 0.1) is 16.3 Å². The van der Waals surface area contributed by atoms with Crippen LogP contribution in [0.5, 0.6) is 5.88 Å². The Bertz CT molecular complexity index is 1290. The van der Waals surface area contributed by atoms with E-state index in [4.69, 9.17) is 0 Å². The van der Waals surface area contributed by atoms with Gasteiger partial charge in [-0.1, -0.05) is 17.7 Å². The first kappa shape index (κ1) is 20.7. The van der Waals surface area contributed by atoms with Crippen molar-refractivity contribution in [3.8, 4) is 11.6 Å². The van der Waals surface area contributed by atoms with E-state index in [9.17, 15) is 24.8 Å². The zero-order chi connectivity index (χ0) is 22.2. The lowest BCUT2D eigenvalue weighted by Crippen LogP contribution is -2.32. The average molecular weight is 408 g/mol. The third-order valence-electron chi connectivity index (χ3n) is 4.70. The number of rotatable bonds is 4. The van der Waals surface area contributed by atoms with Gasteiger partial charge in [0.1, 0.15) is 5.56 Å². The summed E-state index contributed by atoms with van der Waals surface area (Å²) in [6.45, 7) is 7.10. The van der Waals surface area contributed by atoms with Crippen molar-refractivity contribution in [1.29, 1.82) is 0 Å². The van der Waals surface area contributed by atoms with E-state index in [1.807, 2.05) is 19.1 Å². The molecule has 0 radical (unpaired) electrons. The third kappa shape index (κ3) is 3.77. The van der Waals surface area contributed by atoms with Crippen LogP contribution in [0.1, 0.15) is 27.8 Å². The highest BCUT2D eigenvalue weighted by Crippen LogP contribution is 2.25. The minimum atomic E-state index is -0.793. The van der Waals surface area contributed by atoms with Crippen molar-refractivity contribution in [2.45, 2.75) is 27.7 Å². The molecule has 2 N–H and O–H groups in total. The van der Waals surface area contributed by atoms with Gasteiger partial charge < -0.3 is 5.11 Å². The minimum Gasteiger partial charge on any atom is -0.493 e. The average Bonchev–Trinajstić information content (AvgIpc) is 2.63. The highest BCUT2D eigenvalue weighted by atomic mass is 16.6. The van der Waals surface area contributed by atoms with E-state index < -0.39 is 22.1 Å². The van der Waals surface area contributed by atoms with Gasteiger partial charge in [-0.25, -0.2) is 9.36 Å². The molecule has 3 aromatic rings. The van der Waals surface area contributed by atoms with Crippen LogP contribution in [-0.2, 0) is 0 Å². The number of hydrogen-bond donors (Lipinski definition) is 2. The zero-order valence-corrected chi connectivity index (χ0v) is 16.9. The lowest BCUT2D eigenvalue weighted by molar-refractivity contribution is -0.385. The number of aliphatic imine (C=N–C) groups is 1. The zero-order valence-electron chi connectivity index (χ0n) is 16.9. The molecule has 0 saturated heterocycles. The van der Waals surface area contributed by atoms with Crippen molar-refractivity contribution in [3.05, 3.63) is 89.1 Å². The summed E-state index contributed by atoms with van der Waals surface area (Å²) in [7, 11) is 0. The molecular weight excluding hydrogens is 388 g/mol. The molecule has 0 aliphatic carbocycles. The number of hydrogen-bond acceptors (Lipinski definition) is 6. The largest absolute Gasteiger partial charge is 0.493 e. The van der Waals surface area contributed by atoms with E-state index in [-0.39, 0.29) is 11.3 Å². The molecule has 1 heterocycles. The molecule has 0 unspecified atom stereocenters. The predicted molar refractivity (Wildman–Crippen MR) is 114 cm³/mol. The number of nitro benzene ring substituents is 1. The summed E-state index contributed by atoms with van der Waals surface area (Å²) in [5.41, 5.74) is 1.94. The van der Waals surface area contributed by atoms with Crippen molar-refractivity contribution in [3.63, 3.8) is 0 Å². The number of H-pyrrole nitrogens is 1. The molecule has 30 heavy (non-hydrogen) atoms. The van der Waals surface area contributed by atoms with Crippen molar-refractivity contribution in [2.75, 3.05) is 0 Å². The summed E-state index contributed by atoms with van der Waals surface area (Å²) >= 11 is 0. The summed E-state index contributed by atoms with van der Waals surface area (Å²) in [6, 6.07) is 7.97. The van der Waals surface area contributed by atoms with Crippen molar-refractivity contribution < 1.29 is 10.0 Å². The Morgan fingerprint density at radius 2 is 1.70 bits per heavy atom. The van der Waals surface area contributed by atoms with Gasteiger partial charge in [0.15, 0.2) is 0 Å². The molecule has 9 nitrogen and oxygen atoms in total. The standard InChI is InChI=1S/C21H20N4O5/c1-11-7-13(3)18(14(4)8-11)24-20(27)16(19(26)23-21(24)28)10-22-15-5-6-17(25(29)30)12(2)9-15/h5-10,27H,1-4H3,(H,23,26,28). The van der Waals surface area contributed by atoms with E-state index in [0.717, 1.165) is 27.5 Å². The van der Waals surface area contributed by atoms with Gasteiger partial charge in [0.25, 0.3) is 11.2 Å². The Hall–Kier alpha value is -4.01. The Kier molecular flexibility index (Phi) is 5.37. The fourth-order valence-corrected chi connectivity index (χ4v) is 3.45. The summed E-state index contributed by atoms with van der Waals surface area (Å²) in [5.74, 6) is -0.541. The Labute approximate surface area is 171 Å². The second kappa shape index (κ2) is 7.78. The van der Waals surface area contributed by atoms with Gasteiger partial charge in [-0.05, 0) is 51.0 Å². The summed E-state index contributed by atoms with van der Waals surface area (Å²) in [6.07, 6.45) is 1.13. The van der Waals surface area contributed by atoms with Crippen LogP contribution in [0, 0.1) is 37.8 Å². The van der Waals surface area contributed by atoms with E-state index in [0.29, 0.717) is 16.9 Å². The highest BCUT2D eigenvalue weighted by molar-refractivity contribution is 5.84. The maximum absolute atomic E-state index is 12.5. The van der Waals surface area contributed by atoms with E-state index in [2.05, 4.69) is 9.98 Å². The van der Waals surface area contributed by atoms with Crippen molar-refractivity contribution >= 4 is 17.6 Å². The van der Waals surface area contributed by atoms with Gasteiger partial charge in [0, 0.05) is 17.8 Å². The number of aromatic hydroxyl groups is 1. The summed E-state index contributed by atoms with van der Waals surface area (Å²) in [5, 5.41) is 21.7. The first-order valence-corrected chi connectivity index (χ1v) is 9.05. The molecule has 1 aromatic heterocycles. The third-order valence-corrected chi connectivity index (χ3v) is 4.70. The molecule has 0 amide bonds. The molecule has 0 aliphatic rings. The number of aryl methyl sites for hydroxylation is 4. The lowest BCUT2D eigenvalue weighted by Gasteiger charge is -2.15. The quantitative estimate of drug-likeness (QED) is 0.389. The maximum Gasteiger partial charge on any atom is 0.335 e. The minimum absolute atomic E-state index is 0.0477. The fourth-order valence-electron chi connectivity index (χ4n) is 3.45. The van der Waals surface area contributed by atoms with Crippen molar-refractivity contribution in [2.24, 2.45) is 4.99 Å². The Balaban J connectivity index is 2.14. The van der Waals surface area contributed by atoms with Gasteiger partial charge in [-0.15, -0.1) is 0 Å². The van der Waals surface area contributed by atoms with Crippen LogP contribution in [0.15, 0.2) is 44.9 Å². The molecule has 154 valence electrons. The smallest absolute Gasteiger partial charge is 0.335 e. The first-order valence-electron chi connectivity index (χ1n) is 9.05. The van der Waals surface area contributed by atoms with E-state index in [1.54, 1.807) is 20.8 Å². The monoisotopic (exact) mass is 408 g/mol. The number of benzene rings is 2. The lowest BCUT2D eigenvalue weighted by atomic mass is 10.0. The molecule has 0 aliphatic heterocycles. The number of aromatic amines is 1. The van der Waals surface area contributed by atoms with Crippen LogP contribution >= 0.6 is 0 Å². The molecule has 3 rings (SSSR count). The molecule has 2 aromatic carbocycles. The van der Waals surface area contributed by atoms with Crippen LogP contribution < -0.4 is 11.2 Å². The predicted octanol–water partition coefficient (Wildman–Crippen LogP) is 3.12. The number of nitrogens with one attached hydrogen (secondary N) is 1.